The summed E-state index contributed by atoms with van der Waals surface area (Å²) in [7, 11) is 0. The van der Waals surface area contributed by atoms with Crippen molar-refractivity contribution in [1.82, 2.24) is 20.3 Å². The third-order valence-corrected chi connectivity index (χ3v) is 5.35. The van der Waals surface area contributed by atoms with E-state index in [4.69, 9.17) is 0 Å². The second-order valence-electron chi connectivity index (χ2n) is 5.35. The van der Waals surface area contributed by atoms with E-state index in [2.05, 4.69) is 15.6 Å². The van der Waals surface area contributed by atoms with E-state index in [0.717, 1.165) is 16.9 Å². The van der Waals surface area contributed by atoms with Crippen LogP contribution in [0, 0.1) is 0 Å². The molecule has 0 unspecified atom stereocenters. The van der Waals surface area contributed by atoms with Gasteiger partial charge in [-0.25, -0.2) is 4.68 Å². The summed E-state index contributed by atoms with van der Waals surface area (Å²) in [6.45, 7) is 2.29. The van der Waals surface area contributed by atoms with Gasteiger partial charge < -0.3 is 10.4 Å². The fourth-order valence-corrected chi connectivity index (χ4v) is 3.90. The molecular formula is C16H18N4O2S2. The first kappa shape index (κ1) is 16.8. The van der Waals surface area contributed by atoms with Crippen LogP contribution in [0.3, 0.4) is 0 Å². The van der Waals surface area contributed by atoms with E-state index < -0.39 is 6.10 Å². The summed E-state index contributed by atoms with van der Waals surface area (Å²) < 4.78 is 1.49. The van der Waals surface area contributed by atoms with Crippen LogP contribution in [0.15, 0.2) is 40.5 Å². The van der Waals surface area contributed by atoms with Crippen LogP contribution in [-0.2, 0) is 6.54 Å². The number of aromatic nitrogens is 3. The van der Waals surface area contributed by atoms with Crippen molar-refractivity contribution in [2.24, 2.45) is 0 Å². The Morgan fingerprint density at radius 1 is 1.42 bits per heavy atom. The van der Waals surface area contributed by atoms with Crippen molar-refractivity contribution < 1.29 is 9.90 Å². The maximum Gasteiger partial charge on any atom is 0.273 e. The Hall–Kier alpha value is -2.03. The number of hydrogen-bond acceptors (Lipinski definition) is 6. The fourth-order valence-electron chi connectivity index (χ4n) is 2.33. The highest BCUT2D eigenvalue weighted by Crippen LogP contribution is 2.22. The molecule has 0 aliphatic rings. The molecule has 3 rings (SSSR count). The van der Waals surface area contributed by atoms with E-state index in [-0.39, 0.29) is 24.2 Å². The van der Waals surface area contributed by atoms with Crippen LogP contribution in [-0.4, -0.2) is 26.0 Å². The van der Waals surface area contributed by atoms with E-state index >= 15 is 0 Å². The Morgan fingerprint density at radius 2 is 2.29 bits per heavy atom. The van der Waals surface area contributed by atoms with Crippen molar-refractivity contribution in [1.29, 1.82) is 0 Å². The molecule has 0 saturated heterocycles. The van der Waals surface area contributed by atoms with Crippen LogP contribution in [0.5, 0.6) is 0 Å². The van der Waals surface area contributed by atoms with Gasteiger partial charge in [0, 0.05) is 4.88 Å². The van der Waals surface area contributed by atoms with Gasteiger partial charge in [-0.2, -0.15) is 11.3 Å². The zero-order valence-corrected chi connectivity index (χ0v) is 14.8. The first-order chi connectivity index (χ1) is 11.7. The van der Waals surface area contributed by atoms with Crippen LogP contribution in [0.4, 0.5) is 0 Å². The van der Waals surface area contributed by atoms with E-state index in [9.17, 15) is 9.90 Å². The Balaban J connectivity index is 1.63. The van der Waals surface area contributed by atoms with Gasteiger partial charge in [0.1, 0.15) is 0 Å². The number of aliphatic hydroxyl groups excluding tert-OH is 1. The number of aliphatic hydroxyl groups is 1. The number of nitrogens with one attached hydrogen (secondary N) is 1. The summed E-state index contributed by atoms with van der Waals surface area (Å²) >= 11 is 3.14. The number of carbonyl (C=O) groups is 1. The lowest BCUT2D eigenvalue weighted by Gasteiger charge is -2.14. The van der Waals surface area contributed by atoms with Gasteiger partial charge in [-0.1, -0.05) is 18.2 Å². The average molecular weight is 362 g/mol. The SMILES string of the molecule is CC[C@@H](NC(=O)c1cn(C[C@H](O)c2ccsc2)nn1)c1cccs1. The zero-order valence-electron chi connectivity index (χ0n) is 13.1. The summed E-state index contributed by atoms with van der Waals surface area (Å²) in [5.74, 6) is -0.258. The highest BCUT2D eigenvalue weighted by Gasteiger charge is 2.18. The van der Waals surface area contributed by atoms with E-state index in [1.165, 1.54) is 16.0 Å². The predicted octanol–water partition coefficient (Wildman–Crippen LogP) is 3.02. The Kier molecular flexibility index (Phi) is 5.39. The monoisotopic (exact) mass is 362 g/mol. The van der Waals surface area contributed by atoms with Crippen LogP contribution in [0.25, 0.3) is 0 Å². The molecule has 6 nitrogen and oxygen atoms in total. The van der Waals surface area contributed by atoms with Crippen molar-refractivity contribution in [3.05, 3.63) is 56.7 Å². The van der Waals surface area contributed by atoms with Gasteiger partial charge in [0.2, 0.25) is 0 Å². The maximum atomic E-state index is 12.4. The topological polar surface area (TPSA) is 80.0 Å². The summed E-state index contributed by atoms with van der Waals surface area (Å²) in [5, 5.41) is 26.8. The predicted molar refractivity (Wildman–Crippen MR) is 94.1 cm³/mol. The molecule has 0 fully saturated rings. The van der Waals surface area contributed by atoms with E-state index in [1.807, 2.05) is 41.3 Å². The summed E-state index contributed by atoms with van der Waals surface area (Å²) in [6.07, 6.45) is 1.70. The molecule has 126 valence electrons. The maximum absolute atomic E-state index is 12.4. The summed E-state index contributed by atoms with van der Waals surface area (Å²) in [6, 6.07) is 5.82. The Labute approximate surface area is 147 Å². The molecule has 8 heteroatoms. The largest absolute Gasteiger partial charge is 0.386 e. The van der Waals surface area contributed by atoms with Gasteiger partial charge in [0.25, 0.3) is 5.91 Å². The van der Waals surface area contributed by atoms with Crippen LogP contribution in [0.1, 0.15) is 46.4 Å². The molecule has 2 atom stereocenters. The lowest BCUT2D eigenvalue weighted by atomic mass is 10.2. The highest BCUT2D eigenvalue weighted by molar-refractivity contribution is 7.10. The lowest BCUT2D eigenvalue weighted by molar-refractivity contribution is 0.0931. The Bertz CT molecular complexity index is 768. The molecule has 24 heavy (non-hydrogen) atoms. The smallest absolute Gasteiger partial charge is 0.273 e. The molecule has 0 saturated carbocycles. The number of thiophene rings is 2. The molecule has 0 aromatic carbocycles. The minimum atomic E-state index is -0.664. The lowest BCUT2D eigenvalue weighted by Crippen LogP contribution is -2.27. The molecule has 1 amide bonds. The quantitative estimate of drug-likeness (QED) is 0.677. The molecule has 0 bridgehead atoms. The second-order valence-corrected chi connectivity index (χ2v) is 7.11. The number of nitrogens with zero attached hydrogens (tertiary/aromatic N) is 3. The molecule has 0 aliphatic carbocycles. The molecule has 0 radical (unpaired) electrons. The standard InChI is InChI=1S/C16H18N4O2S2/c1-2-12(15-4-3-6-24-15)17-16(22)13-8-20(19-18-13)9-14(21)11-5-7-23-10-11/h3-8,10,12,14,21H,2,9H2,1H3,(H,17,22)/t12-,14+/m1/s1. The van der Waals surface area contributed by atoms with Gasteiger partial charge >= 0.3 is 0 Å². The van der Waals surface area contributed by atoms with Gasteiger partial charge in [-0.3, -0.25) is 4.79 Å². The third-order valence-electron chi connectivity index (χ3n) is 3.66. The first-order valence-electron chi connectivity index (χ1n) is 7.62. The summed E-state index contributed by atoms with van der Waals surface area (Å²) in [5.41, 5.74) is 1.09. The second kappa shape index (κ2) is 7.69. The third kappa shape index (κ3) is 3.89. The number of amides is 1. The van der Waals surface area contributed by atoms with E-state index in [1.54, 1.807) is 17.5 Å². The van der Waals surface area contributed by atoms with Crippen molar-refractivity contribution in [3.8, 4) is 0 Å². The first-order valence-corrected chi connectivity index (χ1v) is 9.44. The Morgan fingerprint density at radius 3 is 2.96 bits per heavy atom. The minimum Gasteiger partial charge on any atom is -0.386 e. The van der Waals surface area contributed by atoms with Crippen molar-refractivity contribution in [2.75, 3.05) is 0 Å². The van der Waals surface area contributed by atoms with Crippen molar-refractivity contribution in [3.63, 3.8) is 0 Å². The molecule has 3 aromatic rings. The summed E-state index contributed by atoms with van der Waals surface area (Å²) in [4.78, 5) is 13.5. The normalized spacial score (nSPS) is 13.6. The average Bonchev–Trinajstić information content (AvgIpc) is 3.33. The van der Waals surface area contributed by atoms with Crippen molar-refractivity contribution in [2.45, 2.75) is 32.0 Å². The highest BCUT2D eigenvalue weighted by atomic mass is 32.1. The van der Waals surface area contributed by atoms with E-state index in [0.29, 0.717) is 0 Å². The number of hydrogen-bond donors (Lipinski definition) is 2. The van der Waals surface area contributed by atoms with Gasteiger partial charge in [0.05, 0.1) is 24.9 Å². The molecule has 3 heterocycles. The molecule has 3 aromatic heterocycles. The van der Waals surface area contributed by atoms with Gasteiger partial charge in [-0.15, -0.1) is 16.4 Å². The van der Waals surface area contributed by atoms with Gasteiger partial charge in [-0.05, 0) is 40.3 Å². The van der Waals surface area contributed by atoms with Gasteiger partial charge in [0.15, 0.2) is 5.69 Å². The molecule has 0 spiro atoms. The van der Waals surface area contributed by atoms with Crippen LogP contribution >= 0.6 is 22.7 Å². The zero-order chi connectivity index (χ0) is 16.9. The fraction of sp³-hybridized carbons (Fsp3) is 0.312. The van der Waals surface area contributed by atoms with Crippen molar-refractivity contribution >= 4 is 28.6 Å². The molecule has 2 N–H and O–H groups in total. The number of rotatable bonds is 7. The minimum absolute atomic E-state index is 0.0287. The number of carbonyl (C=O) groups excluding carboxylic acids is 1. The van der Waals surface area contributed by atoms with Crippen LogP contribution in [0.2, 0.25) is 0 Å². The molecular weight excluding hydrogens is 344 g/mol. The molecule has 0 aliphatic heterocycles. The van der Waals surface area contributed by atoms with Crippen LogP contribution < -0.4 is 5.32 Å².